The summed E-state index contributed by atoms with van der Waals surface area (Å²) in [7, 11) is 0. The minimum Gasteiger partial charge on any atom is -0.265 e. The van der Waals surface area contributed by atoms with E-state index in [2.05, 4.69) is 27.4 Å². The summed E-state index contributed by atoms with van der Waals surface area (Å²) in [5, 5.41) is 13.6. The zero-order valence-corrected chi connectivity index (χ0v) is 14.5. The van der Waals surface area contributed by atoms with E-state index in [-0.39, 0.29) is 5.56 Å². The van der Waals surface area contributed by atoms with Gasteiger partial charge in [-0.25, -0.2) is 0 Å². The molecule has 0 amide bonds. The third-order valence-corrected chi connectivity index (χ3v) is 4.99. The molecule has 0 saturated heterocycles. The van der Waals surface area contributed by atoms with Crippen molar-refractivity contribution in [1.82, 2.24) is 19.8 Å². The van der Waals surface area contributed by atoms with Gasteiger partial charge in [0.25, 0.3) is 0 Å². The summed E-state index contributed by atoms with van der Waals surface area (Å²) in [5.74, 6) is 0. The van der Waals surface area contributed by atoms with Crippen molar-refractivity contribution in [1.29, 1.82) is 0 Å². The molecule has 0 radical (unpaired) electrons. The van der Waals surface area contributed by atoms with Gasteiger partial charge in [-0.2, -0.15) is 9.61 Å². The molecule has 5 nitrogen and oxygen atoms in total. The Labute approximate surface area is 148 Å². The number of hydrogen-bond donors (Lipinski definition) is 0. The lowest BCUT2D eigenvalue weighted by Crippen LogP contribution is -2.19. The van der Waals surface area contributed by atoms with E-state index in [1.54, 1.807) is 0 Å². The fourth-order valence-corrected chi connectivity index (χ4v) is 3.47. The first kappa shape index (κ1) is 15.7. The average molecular weight is 348 g/mol. The molecule has 2 aromatic heterocycles. The molecule has 2 aromatic carbocycles. The van der Waals surface area contributed by atoms with Crippen molar-refractivity contribution >= 4 is 16.3 Å². The number of benzene rings is 2. The molecule has 0 saturated carbocycles. The van der Waals surface area contributed by atoms with Crippen molar-refractivity contribution in [2.75, 3.05) is 0 Å². The second kappa shape index (κ2) is 6.57. The van der Waals surface area contributed by atoms with Gasteiger partial charge in [0.05, 0.1) is 0 Å². The van der Waals surface area contributed by atoms with Crippen LogP contribution < -0.4 is 5.56 Å². The van der Waals surface area contributed by atoms with Crippen LogP contribution in [-0.2, 0) is 12.8 Å². The summed E-state index contributed by atoms with van der Waals surface area (Å²) in [5.41, 5.74) is 3.25. The highest BCUT2D eigenvalue weighted by atomic mass is 32.1. The Morgan fingerprint density at radius 2 is 1.72 bits per heavy atom. The standard InChI is InChI=1S/C19H16N4OS/c1-13-7-10-15(11-8-13)17-18(24)23-19(21-20-17)25-16(22-23)12-9-14-5-3-2-4-6-14/h2-8,10-11H,9,12H2,1H3. The average Bonchev–Trinajstić information content (AvgIpc) is 3.06. The molecule has 0 atom stereocenters. The zero-order chi connectivity index (χ0) is 17.2. The normalized spacial score (nSPS) is 11.1. The van der Waals surface area contributed by atoms with Crippen molar-refractivity contribution < 1.29 is 0 Å². The molecule has 0 aliphatic rings. The first-order chi connectivity index (χ1) is 12.2. The van der Waals surface area contributed by atoms with E-state index in [0.717, 1.165) is 29.0 Å². The van der Waals surface area contributed by atoms with Gasteiger partial charge in [-0.1, -0.05) is 71.5 Å². The largest absolute Gasteiger partial charge is 0.302 e. The Kier molecular flexibility index (Phi) is 4.11. The van der Waals surface area contributed by atoms with Gasteiger partial charge in [0.2, 0.25) is 4.96 Å². The highest BCUT2D eigenvalue weighted by Crippen LogP contribution is 2.17. The van der Waals surface area contributed by atoms with Gasteiger partial charge >= 0.3 is 5.56 Å². The predicted molar refractivity (Wildman–Crippen MR) is 99.0 cm³/mol. The van der Waals surface area contributed by atoms with Crippen LogP contribution in [0.15, 0.2) is 59.4 Å². The lowest BCUT2D eigenvalue weighted by atomic mass is 10.1. The summed E-state index contributed by atoms with van der Waals surface area (Å²) in [6.45, 7) is 2.00. The Bertz CT molecular complexity index is 1070. The van der Waals surface area contributed by atoms with E-state index in [1.807, 2.05) is 49.4 Å². The molecule has 0 N–H and O–H groups in total. The lowest BCUT2D eigenvalue weighted by molar-refractivity contribution is 0.815. The van der Waals surface area contributed by atoms with Crippen LogP contribution in [0.4, 0.5) is 0 Å². The van der Waals surface area contributed by atoms with Crippen LogP contribution >= 0.6 is 11.3 Å². The van der Waals surface area contributed by atoms with Gasteiger partial charge < -0.3 is 0 Å². The van der Waals surface area contributed by atoms with Gasteiger partial charge in [-0.05, 0) is 18.9 Å². The fraction of sp³-hybridized carbons (Fsp3) is 0.158. The lowest BCUT2D eigenvalue weighted by Gasteiger charge is -1.99. The summed E-state index contributed by atoms with van der Waals surface area (Å²) in [6.07, 6.45) is 1.66. The van der Waals surface area contributed by atoms with Gasteiger partial charge in [0.15, 0.2) is 5.69 Å². The second-order valence-corrected chi connectivity index (χ2v) is 6.94. The monoisotopic (exact) mass is 348 g/mol. The summed E-state index contributed by atoms with van der Waals surface area (Å²) in [6, 6.07) is 17.9. The molecule has 0 aliphatic heterocycles. The predicted octanol–water partition coefficient (Wildman–Crippen LogP) is 3.31. The smallest absolute Gasteiger partial charge is 0.265 e. The van der Waals surface area contributed by atoms with Crippen LogP contribution in [0.25, 0.3) is 16.2 Å². The molecule has 124 valence electrons. The maximum atomic E-state index is 12.7. The maximum Gasteiger partial charge on any atom is 0.302 e. The number of rotatable bonds is 4. The van der Waals surface area contributed by atoms with E-state index in [9.17, 15) is 4.79 Å². The Morgan fingerprint density at radius 3 is 2.48 bits per heavy atom. The third kappa shape index (κ3) is 3.21. The number of fused-ring (bicyclic) bond motifs is 1. The molecule has 4 aromatic rings. The van der Waals surface area contributed by atoms with E-state index >= 15 is 0 Å². The number of aryl methyl sites for hydroxylation is 3. The Morgan fingerprint density at radius 1 is 0.960 bits per heavy atom. The molecule has 2 heterocycles. The highest BCUT2D eigenvalue weighted by Gasteiger charge is 2.13. The molecule has 0 bridgehead atoms. The Hall–Kier alpha value is -2.86. The van der Waals surface area contributed by atoms with Crippen LogP contribution in [0.2, 0.25) is 0 Å². The van der Waals surface area contributed by atoms with Crippen LogP contribution in [0.5, 0.6) is 0 Å². The van der Waals surface area contributed by atoms with E-state index < -0.39 is 0 Å². The summed E-state index contributed by atoms with van der Waals surface area (Å²) >= 11 is 1.42. The van der Waals surface area contributed by atoms with Gasteiger partial charge in [0, 0.05) is 12.0 Å². The van der Waals surface area contributed by atoms with Crippen LogP contribution in [0.1, 0.15) is 16.1 Å². The molecule has 4 rings (SSSR count). The van der Waals surface area contributed by atoms with Crippen molar-refractivity contribution in [3.05, 3.63) is 81.1 Å². The third-order valence-electron chi connectivity index (χ3n) is 4.03. The van der Waals surface area contributed by atoms with Crippen LogP contribution in [-0.4, -0.2) is 19.8 Å². The zero-order valence-electron chi connectivity index (χ0n) is 13.7. The van der Waals surface area contributed by atoms with Crippen molar-refractivity contribution in [2.45, 2.75) is 19.8 Å². The minimum atomic E-state index is -0.226. The number of nitrogens with zero attached hydrogens (tertiary/aromatic N) is 4. The molecule has 25 heavy (non-hydrogen) atoms. The summed E-state index contributed by atoms with van der Waals surface area (Å²) in [4.78, 5) is 13.2. The second-order valence-electron chi connectivity index (χ2n) is 5.90. The SMILES string of the molecule is Cc1ccc(-c2nnc3sc(CCc4ccccc4)nn3c2=O)cc1. The van der Waals surface area contributed by atoms with Crippen LogP contribution in [0.3, 0.4) is 0 Å². The van der Waals surface area contributed by atoms with Gasteiger partial charge in [-0.15, -0.1) is 10.2 Å². The minimum absolute atomic E-state index is 0.226. The van der Waals surface area contributed by atoms with E-state index in [4.69, 9.17) is 0 Å². The fourth-order valence-electron chi connectivity index (χ4n) is 2.64. The number of aromatic nitrogens is 4. The quantitative estimate of drug-likeness (QED) is 0.568. The first-order valence-corrected chi connectivity index (χ1v) is 8.89. The Balaban J connectivity index is 1.65. The number of hydrogen-bond acceptors (Lipinski definition) is 5. The molecule has 0 unspecified atom stereocenters. The van der Waals surface area contributed by atoms with E-state index in [0.29, 0.717) is 10.7 Å². The molecular formula is C19H16N4OS. The molecule has 0 fully saturated rings. The van der Waals surface area contributed by atoms with Crippen molar-refractivity contribution in [3.8, 4) is 11.3 Å². The topological polar surface area (TPSA) is 60.1 Å². The highest BCUT2D eigenvalue weighted by molar-refractivity contribution is 7.16. The molecular weight excluding hydrogens is 332 g/mol. The van der Waals surface area contributed by atoms with Gasteiger partial charge in [0.1, 0.15) is 5.01 Å². The molecule has 6 heteroatoms. The summed E-state index contributed by atoms with van der Waals surface area (Å²) < 4.78 is 1.37. The van der Waals surface area contributed by atoms with E-state index in [1.165, 1.54) is 21.4 Å². The first-order valence-electron chi connectivity index (χ1n) is 8.07. The maximum absolute atomic E-state index is 12.7. The molecule has 0 spiro atoms. The molecule has 0 aliphatic carbocycles. The van der Waals surface area contributed by atoms with Crippen molar-refractivity contribution in [3.63, 3.8) is 0 Å². The van der Waals surface area contributed by atoms with Crippen molar-refractivity contribution in [2.24, 2.45) is 0 Å². The van der Waals surface area contributed by atoms with Crippen LogP contribution in [0, 0.1) is 6.92 Å². The van der Waals surface area contributed by atoms with Gasteiger partial charge in [-0.3, -0.25) is 4.79 Å².